The van der Waals surface area contributed by atoms with E-state index in [1.54, 1.807) is 16.7 Å². The van der Waals surface area contributed by atoms with Gasteiger partial charge in [0.25, 0.3) is 0 Å². The molecule has 0 spiro atoms. The molecule has 3 nitrogen and oxygen atoms in total. The third-order valence-electron chi connectivity index (χ3n) is 3.02. The van der Waals surface area contributed by atoms with Crippen molar-refractivity contribution >= 4 is 11.5 Å². The predicted molar refractivity (Wildman–Crippen MR) is 69.7 cm³/mol. The number of nitrogens with two attached hydrogens (primary N) is 1. The van der Waals surface area contributed by atoms with Crippen molar-refractivity contribution < 1.29 is 8.78 Å². The van der Waals surface area contributed by atoms with E-state index in [9.17, 15) is 8.78 Å². The van der Waals surface area contributed by atoms with Gasteiger partial charge in [-0.15, -0.1) is 0 Å². The quantitative estimate of drug-likeness (QED) is 0.729. The van der Waals surface area contributed by atoms with Crippen LogP contribution in [0.3, 0.4) is 0 Å². The van der Waals surface area contributed by atoms with Gasteiger partial charge in [0.1, 0.15) is 28.8 Å². The summed E-state index contributed by atoms with van der Waals surface area (Å²) in [6, 6.07) is 7.34. The molecule has 0 unspecified atom stereocenters. The Labute approximate surface area is 108 Å². The van der Waals surface area contributed by atoms with E-state index >= 15 is 0 Å². The molecule has 0 atom stereocenters. The summed E-state index contributed by atoms with van der Waals surface area (Å²) < 4.78 is 29.2. The molecule has 2 N–H and O–H groups in total. The fourth-order valence-electron chi connectivity index (χ4n) is 2.07. The average Bonchev–Trinajstić information content (AvgIpc) is 2.66. The zero-order valence-electron chi connectivity index (χ0n) is 10.2. The summed E-state index contributed by atoms with van der Waals surface area (Å²) in [5.74, 6) is -1.13. The van der Waals surface area contributed by atoms with Crippen LogP contribution in [-0.2, 0) is 0 Å². The maximum absolute atomic E-state index is 13.8. The van der Waals surface area contributed by atoms with Crippen LogP contribution < -0.4 is 5.73 Å². The van der Waals surface area contributed by atoms with E-state index in [4.69, 9.17) is 5.73 Å². The van der Waals surface area contributed by atoms with Crippen LogP contribution in [-0.4, -0.2) is 9.38 Å². The Balaban J connectivity index is 2.34. The zero-order chi connectivity index (χ0) is 13.6. The highest BCUT2D eigenvalue weighted by Crippen LogP contribution is 2.30. The van der Waals surface area contributed by atoms with Gasteiger partial charge in [-0.25, -0.2) is 13.8 Å². The molecule has 5 heteroatoms. The molecule has 19 heavy (non-hydrogen) atoms. The van der Waals surface area contributed by atoms with Gasteiger partial charge < -0.3 is 5.73 Å². The van der Waals surface area contributed by atoms with E-state index in [1.807, 2.05) is 13.0 Å². The first-order valence-corrected chi connectivity index (χ1v) is 5.76. The van der Waals surface area contributed by atoms with Gasteiger partial charge in [-0.1, -0.05) is 6.07 Å². The van der Waals surface area contributed by atoms with Gasteiger partial charge in [-0.2, -0.15) is 0 Å². The first-order valence-electron chi connectivity index (χ1n) is 5.76. The number of rotatable bonds is 1. The first kappa shape index (κ1) is 11.6. The monoisotopic (exact) mass is 259 g/mol. The van der Waals surface area contributed by atoms with Gasteiger partial charge in [-0.3, -0.25) is 4.40 Å². The second-order valence-electron chi connectivity index (χ2n) is 4.37. The van der Waals surface area contributed by atoms with Crippen molar-refractivity contribution in [1.82, 2.24) is 9.38 Å². The molecule has 3 aromatic rings. The highest BCUT2D eigenvalue weighted by molar-refractivity contribution is 5.75. The molecule has 0 bridgehead atoms. The van der Waals surface area contributed by atoms with Crippen LogP contribution in [0.2, 0.25) is 0 Å². The number of aromatic nitrogens is 2. The Kier molecular flexibility index (Phi) is 2.48. The van der Waals surface area contributed by atoms with Crippen molar-refractivity contribution in [3.05, 3.63) is 53.7 Å². The molecule has 2 heterocycles. The maximum atomic E-state index is 13.8. The van der Waals surface area contributed by atoms with Crippen LogP contribution in [0.4, 0.5) is 14.6 Å². The largest absolute Gasteiger partial charge is 0.383 e. The Bertz CT molecular complexity index is 757. The van der Waals surface area contributed by atoms with Crippen LogP contribution in [0, 0.1) is 18.6 Å². The number of hydrogen-bond donors (Lipinski definition) is 1. The van der Waals surface area contributed by atoms with Gasteiger partial charge in [0.2, 0.25) is 0 Å². The molecule has 0 aliphatic carbocycles. The van der Waals surface area contributed by atoms with Crippen LogP contribution in [0.25, 0.3) is 16.9 Å². The summed E-state index contributed by atoms with van der Waals surface area (Å²) in [5, 5.41) is 0. The minimum atomic E-state index is -0.674. The molecule has 2 aromatic heterocycles. The van der Waals surface area contributed by atoms with E-state index in [0.717, 1.165) is 5.56 Å². The number of benzene rings is 1. The van der Waals surface area contributed by atoms with E-state index in [1.165, 1.54) is 18.2 Å². The lowest BCUT2D eigenvalue weighted by molar-refractivity contribution is 0.589. The first-order chi connectivity index (χ1) is 9.08. The Morgan fingerprint density at radius 1 is 1.16 bits per heavy atom. The molecule has 0 saturated heterocycles. The van der Waals surface area contributed by atoms with E-state index in [-0.39, 0.29) is 17.1 Å². The van der Waals surface area contributed by atoms with Crippen LogP contribution in [0.5, 0.6) is 0 Å². The molecule has 0 saturated carbocycles. The fourth-order valence-corrected chi connectivity index (χ4v) is 2.07. The predicted octanol–water partition coefficient (Wildman–Crippen LogP) is 3.17. The van der Waals surface area contributed by atoms with Crippen molar-refractivity contribution in [3.8, 4) is 11.3 Å². The number of nitrogen functional groups attached to an aromatic ring is 1. The minimum absolute atomic E-state index is 0.126. The fraction of sp³-hybridized carbons (Fsp3) is 0.0714. The molecule has 1 aromatic carbocycles. The maximum Gasteiger partial charge on any atom is 0.139 e. The van der Waals surface area contributed by atoms with E-state index in [2.05, 4.69) is 4.98 Å². The Hall–Kier alpha value is -2.43. The molecule has 0 amide bonds. The van der Waals surface area contributed by atoms with Gasteiger partial charge in [0.05, 0.1) is 5.56 Å². The second kappa shape index (κ2) is 4.05. The van der Waals surface area contributed by atoms with Crippen LogP contribution >= 0.6 is 0 Å². The smallest absolute Gasteiger partial charge is 0.139 e. The molecular weight excluding hydrogens is 248 g/mol. The molecule has 0 fully saturated rings. The van der Waals surface area contributed by atoms with Crippen molar-refractivity contribution in [1.29, 1.82) is 0 Å². The lowest BCUT2D eigenvalue weighted by Gasteiger charge is -2.02. The van der Waals surface area contributed by atoms with E-state index in [0.29, 0.717) is 5.65 Å². The van der Waals surface area contributed by atoms with E-state index < -0.39 is 11.6 Å². The molecule has 0 aliphatic rings. The number of pyridine rings is 1. The van der Waals surface area contributed by atoms with Crippen molar-refractivity contribution in [3.63, 3.8) is 0 Å². The van der Waals surface area contributed by atoms with Crippen molar-refractivity contribution in [2.24, 2.45) is 0 Å². The third-order valence-corrected chi connectivity index (χ3v) is 3.02. The summed E-state index contributed by atoms with van der Waals surface area (Å²) in [4.78, 5) is 4.22. The van der Waals surface area contributed by atoms with Gasteiger partial charge in [0, 0.05) is 6.20 Å². The lowest BCUT2D eigenvalue weighted by atomic mass is 10.1. The Morgan fingerprint density at radius 2 is 1.84 bits per heavy atom. The number of hydrogen-bond acceptors (Lipinski definition) is 2. The Morgan fingerprint density at radius 3 is 2.53 bits per heavy atom. The average molecular weight is 259 g/mol. The van der Waals surface area contributed by atoms with Crippen LogP contribution in [0.15, 0.2) is 36.5 Å². The summed E-state index contributed by atoms with van der Waals surface area (Å²) in [7, 11) is 0. The summed E-state index contributed by atoms with van der Waals surface area (Å²) in [6.07, 6.45) is 1.73. The molecule has 0 radical (unpaired) electrons. The molecule has 96 valence electrons. The van der Waals surface area contributed by atoms with Crippen LogP contribution in [0.1, 0.15) is 5.56 Å². The number of aryl methyl sites for hydroxylation is 1. The minimum Gasteiger partial charge on any atom is -0.383 e. The van der Waals surface area contributed by atoms with Gasteiger partial charge >= 0.3 is 0 Å². The highest BCUT2D eigenvalue weighted by Gasteiger charge is 2.18. The molecular formula is C14H11F2N3. The number of fused-ring (bicyclic) bond motifs is 1. The SMILES string of the molecule is Cc1ccn2c(N)c(-c3c(F)cccc3F)nc2c1. The van der Waals surface area contributed by atoms with Crippen molar-refractivity contribution in [2.75, 3.05) is 5.73 Å². The van der Waals surface area contributed by atoms with Gasteiger partial charge in [0.15, 0.2) is 0 Å². The van der Waals surface area contributed by atoms with Crippen molar-refractivity contribution in [2.45, 2.75) is 6.92 Å². The normalized spacial score (nSPS) is 11.1. The molecule has 0 aliphatic heterocycles. The number of halogens is 2. The zero-order valence-corrected chi connectivity index (χ0v) is 10.2. The summed E-state index contributed by atoms with van der Waals surface area (Å²) in [6.45, 7) is 1.91. The number of anilines is 1. The van der Waals surface area contributed by atoms with Gasteiger partial charge in [-0.05, 0) is 36.8 Å². The number of imidazole rings is 1. The summed E-state index contributed by atoms with van der Waals surface area (Å²) >= 11 is 0. The topological polar surface area (TPSA) is 43.3 Å². The standard InChI is InChI=1S/C14H11F2N3/c1-8-5-6-19-11(7-8)18-13(14(19)17)12-9(15)3-2-4-10(12)16/h2-7H,17H2,1H3. The third kappa shape index (κ3) is 1.74. The summed E-state index contributed by atoms with van der Waals surface area (Å²) in [5.41, 5.74) is 7.42. The lowest BCUT2D eigenvalue weighted by Crippen LogP contribution is -1.96. The second-order valence-corrected chi connectivity index (χ2v) is 4.37. The number of nitrogens with zero attached hydrogens (tertiary/aromatic N) is 2. The highest BCUT2D eigenvalue weighted by atomic mass is 19.1. The molecule has 3 rings (SSSR count).